The Kier molecular flexibility index (Phi) is 4.75. The van der Waals surface area contributed by atoms with Crippen LogP contribution in [0.25, 0.3) is 0 Å². The Hall–Kier alpha value is -1.72. The molecule has 0 radical (unpaired) electrons. The van der Waals surface area contributed by atoms with Gasteiger partial charge in [-0.1, -0.05) is 36.0 Å². The molecule has 0 saturated heterocycles. The molecule has 3 nitrogen and oxygen atoms in total. The van der Waals surface area contributed by atoms with Gasteiger partial charge >= 0.3 is 0 Å². The maximum atomic E-state index is 12.6. The molecular weight excluding hydrogens is 348 g/mol. The van der Waals surface area contributed by atoms with Gasteiger partial charge in [0.15, 0.2) is 0 Å². The highest BCUT2D eigenvalue weighted by molar-refractivity contribution is 9.10. The van der Waals surface area contributed by atoms with E-state index < -0.39 is 0 Å². The Morgan fingerprint density at radius 1 is 1.24 bits per heavy atom. The summed E-state index contributed by atoms with van der Waals surface area (Å²) < 4.78 is 0.774. The lowest BCUT2D eigenvalue weighted by Gasteiger charge is -2.19. The van der Waals surface area contributed by atoms with Gasteiger partial charge in [-0.2, -0.15) is 0 Å². The number of hydrogen-bond acceptors (Lipinski definition) is 2. The molecule has 0 spiro atoms. The maximum absolute atomic E-state index is 12.6. The van der Waals surface area contributed by atoms with Crippen molar-refractivity contribution in [2.75, 3.05) is 11.9 Å². The van der Waals surface area contributed by atoms with Crippen molar-refractivity contribution >= 4 is 44.7 Å². The first-order chi connectivity index (χ1) is 9.90. The molecule has 0 aliphatic carbocycles. The van der Waals surface area contributed by atoms with Crippen molar-refractivity contribution in [3.05, 3.63) is 63.6 Å². The summed E-state index contributed by atoms with van der Waals surface area (Å²) in [6.07, 6.45) is 0. The molecule has 0 fully saturated rings. The van der Waals surface area contributed by atoms with E-state index in [9.17, 15) is 4.79 Å². The molecule has 0 aliphatic heterocycles. The summed E-state index contributed by atoms with van der Waals surface area (Å²) >= 11 is 8.39. The number of carbonyl (C=O) groups excluding carboxylic acids is 1. The van der Waals surface area contributed by atoms with Gasteiger partial charge in [-0.25, -0.2) is 0 Å². The third kappa shape index (κ3) is 3.49. The normalized spacial score (nSPS) is 10.2. The van der Waals surface area contributed by atoms with Gasteiger partial charge in [0.05, 0.1) is 5.56 Å². The van der Waals surface area contributed by atoms with Crippen LogP contribution < -0.4 is 10.6 Å². The molecule has 2 N–H and O–H groups in total. The smallest absolute Gasteiger partial charge is 0.259 e. The zero-order valence-corrected chi connectivity index (χ0v) is 14.2. The lowest BCUT2D eigenvalue weighted by molar-refractivity contribution is 0.0992. The van der Waals surface area contributed by atoms with E-state index in [1.54, 1.807) is 11.9 Å². The number of anilines is 1. The molecule has 2 rings (SSSR count). The van der Waals surface area contributed by atoms with E-state index in [4.69, 9.17) is 18.0 Å². The Morgan fingerprint density at radius 3 is 2.62 bits per heavy atom. The van der Waals surface area contributed by atoms with Crippen LogP contribution in [0.5, 0.6) is 0 Å². The SMILES string of the molecule is Cc1ccc(Br)c(C(=O)N(C)c2cccc(C(N)=S)c2)c1. The number of aryl methyl sites for hydroxylation is 1. The molecule has 108 valence electrons. The summed E-state index contributed by atoms with van der Waals surface area (Å²) in [6.45, 7) is 1.96. The maximum Gasteiger partial charge on any atom is 0.259 e. The van der Waals surface area contributed by atoms with Crippen LogP contribution in [0.3, 0.4) is 0 Å². The molecular formula is C16H15BrN2OS. The van der Waals surface area contributed by atoms with Crippen LogP contribution in [0.1, 0.15) is 21.5 Å². The Labute approximate surface area is 137 Å². The highest BCUT2D eigenvalue weighted by Crippen LogP contribution is 2.23. The number of nitrogens with zero attached hydrogens (tertiary/aromatic N) is 1. The van der Waals surface area contributed by atoms with Crippen molar-refractivity contribution in [1.82, 2.24) is 0 Å². The number of benzene rings is 2. The monoisotopic (exact) mass is 362 g/mol. The average molecular weight is 363 g/mol. The molecule has 1 amide bonds. The minimum absolute atomic E-state index is 0.0920. The first-order valence-electron chi connectivity index (χ1n) is 6.34. The van der Waals surface area contributed by atoms with Gasteiger partial charge < -0.3 is 10.6 Å². The molecule has 0 aromatic heterocycles. The highest BCUT2D eigenvalue weighted by Gasteiger charge is 2.17. The summed E-state index contributed by atoms with van der Waals surface area (Å²) in [5, 5.41) is 0. The topological polar surface area (TPSA) is 46.3 Å². The van der Waals surface area contributed by atoms with E-state index in [0.717, 1.165) is 21.3 Å². The summed E-state index contributed by atoms with van der Waals surface area (Å²) in [7, 11) is 1.73. The fraction of sp³-hybridized carbons (Fsp3) is 0.125. The second-order valence-electron chi connectivity index (χ2n) is 4.76. The quantitative estimate of drug-likeness (QED) is 0.847. The van der Waals surface area contributed by atoms with Crippen molar-refractivity contribution in [2.24, 2.45) is 5.73 Å². The molecule has 2 aromatic rings. The van der Waals surface area contributed by atoms with Crippen LogP contribution in [0.2, 0.25) is 0 Å². The largest absolute Gasteiger partial charge is 0.389 e. The zero-order chi connectivity index (χ0) is 15.6. The number of halogens is 1. The summed E-state index contributed by atoms with van der Waals surface area (Å²) in [6, 6.07) is 13.0. The predicted molar refractivity (Wildman–Crippen MR) is 93.9 cm³/mol. The molecule has 0 bridgehead atoms. The molecule has 5 heteroatoms. The Bertz CT molecular complexity index is 715. The van der Waals surface area contributed by atoms with E-state index >= 15 is 0 Å². The van der Waals surface area contributed by atoms with Crippen LogP contribution in [-0.4, -0.2) is 17.9 Å². The van der Waals surface area contributed by atoms with Crippen LogP contribution in [0.4, 0.5) is 5.69 Å². The first kappa shape index (κ1) is 15.7. The zero-order valence-electron chi connectivity index (χ0n) is 11.8. The van der Waals surface area contributed by atoms with Crippen molar-refractivity contribution in [2.45, 2.75) is 6.92 Å². The Balaban J connectivity index is 2.37. The minimum Gasteiger partial charge on any atom is -0.389 e. The van der Waals surface area contributed by atoms with Gasteiger partial charge in [0.25, 0.3) is 5.91 Å². The number of nitrogens with two attached hydrogens (primary N) is 1. The number of carbonyl (C=O) groups is 1. The van der Waals surface area contributed by atoms with E-state index in [2.05, 4.69) is 15.9 Å². The van der Waals surface area contributed by atoms with Crippen molar-refractivity contribution < 1.29 is 4.79 Å². The molecule has 0 aliphatic rings. The van der Waals surface area contributed by atoms with Gasteiger partial charge in [-0.3, -0.25) is 4.79 Å². The predicted octanol–water partition coefficient (Wildman–Crippen LogP) is 3.67. The summed E-state index contributed by atoms with van der Waals surface area (Å²) in [5.74, 6) is -0.0920. The number of thiocarbonyl (C=S) groups is 1. The molecule has 2 aromatic carbocycles. The second kappa shape index (κ2) is 6.37. The third-order valence-corrected chi connectivity index (χ3v) is 4.10. The molecule has 0 atom stereocenters. The van der Waals surface area contributed by atoms with E-state index in [-0.39, 0.29) is 5.91 Å². The summed E-state index contributed by atoms with van der Waals surface area (Å²) in [5.41, 5.74) is 8.78. The van der Waals surface area contributed by atoms with Gasteiger partial charge in [0.1, 0.15) is 4.99 Å². The fourth-order valence-electron chi connectivity index (χ4n) is 1.97. The van der Waals surface area contributed by atoms with Gasteiger partial charge in [-0.15, -0.1) is 0 Å². The number of rotatable bonds is 3. The number of amides is 1. The van der Waals surface area contributed by atoms with Gasteiger partial charge in [-0.05, 0) is 47.1 Å². The molecule has 21 heavy (non-hydrogen) atoms. The standard InChI is InChI=1S/C16H15BrN2OS/c1-10-6-7-14(17)13(8-10)16(20)19(2)12-5-3-4-11(9-12)15(18)21/h3-9H,1-2H3,(H2,18,21). The number of hydrogen-bond donors (Lipinski definition) is 1. The Morgan fingerprint density at radius 2 is 1.95 bits per heavy atom. The van der Waals surface area contributed by atoms with Crippen molar-refractivity contribution in [3.8, 4) is 0 Å². The first-order valence-corrected chi connectivity index (χ1v) is 7.54. The minimum atomic E-state index is -0.0920. The summed E-state index contributed by atoms with van der Waals surface area (Å²) in [4.78, 5) is 14.5. The molecule has 0 saturated carbocycles. The molecule has 0 heterocycles. The van der Waals surface area contributed by atoms with Crippen LogP contribution in [0, 0.1) is 6.92 Å². The van der Waals surface area contributed by atoms with Crippen LogP contribution in [0.15, 0.2) is 46.9 Å². The van der Waals surface area contributed by atoms with Crippen molar-refractivity contribution in [1.29, 1.82) is 0 Å². The fourth-order valence-corrected chi connectivity index (χ4v) is 2.51. The van der Waals surface area contributed by atoms with E-state index in [1.165, 1.54) is 0 Å². The average Bonchev–Trinajstić information content (AvgIpc) is 2.48. The van der Waals surface area contributed by atoms with Crippen LogP contribution in [-0.2, 0) is 0 Å². The van der Waals surface area contributed by atoms with Crippen molar-refractivity contribution in [3.63, 3.8) is 0 Å². The lowest BCUT2D eigenvalue weighted by atomic mass is 10.1. The van der Waals surface area contributed by atoms with E-state index in [1.807, 2.05) is 49.4 Å². The highest BCUT2D eigenvalue weighted by atomic mass is 79.9. The third-order valence-electron chi connectivity index (χ3n) is 3.17. The van der Waals surface area contributed by atoms with E-state index in [0.29, 0.717) is 10.6 Å². The van der Waals surface area contributed by atoms with Gasteiger partial charge in [0, 0.05) is 22.8 Å². The van der Waals surface area contributed by atoms with Crippen LogP contribution >= 0.6 is 28.1 Å². The van der Waals surface area contributed by atoms with Gasteiger partial charge in [0.2, 0.25) is 0 Å². The lowest BCUT2D eigenvalue weighted by Crippen LogP contribution is -2.27. The molecule has 0 unspecified atom stereocenters. The second-order valence-corrected chi connectivity index (χ2v) is 6.06.